The Kier molecular flexibility index (Phi) is 3.18. The van der Waals surface area contributed by atoms with Gasteiger partial charge in [-0.05, 0) is 66.6 Å². The first-order chi connectivity index (χ1) is 7.43. The molecule has 0 spiro atoms. The second kappa shape index (κ2) is 4.18. The van der Waals surface area contributed by atoms with Gasteiger partial charge in [0.05, 0.1) is 10.9 Å². The van der Waals surface area contributed by atoms with Gasteiger partial charge >= 0.3 is 0 Å². The minimum Gasteiger partial charge on any atom is -0.269 e. The highest BCUT2D eigenvalue weighted by Crippen LogP contribution is 2.32. The van der Waals surface area contributed by atoms with Crippen LogP contribution in [0.2, 0.25) is 0 Å². The minimum atomic E-state index is -3.17. The normalized spacial score (nSPS) is 15.6. The number of sulfonamides is 1. The quantitative estimate of drug-likeness (QED) is 0.768. The molecule has 0 unspecified atom stereocenters. The van der Waals surface area contributed by atoms with Crippen LogP contribution in [0.4, 0.5) is 5.69 Å². The first-order valence-corrected chi connectivity index (χ1v) is 7.81. The molecular formula is C11H14INO2S. The molecule has 1 aromatic carbocycles. The molecule has 0 atom stereocenters. The Balaban J connectivity index is 2.46. The number of benzene rings is 1. The zero-order valence-corrected chi connectivity index (χ0v) is 12.2. The number of hydrogen-bond donors (Lipinski definition) is 0. The van der Waals surface area contributed by atoms with E-state index in [1.54, 1.807) is 18.2 Å². The van der Waals surface area contributed by atoms with Gasteiger partial charge < -0.3 is 0 Å². The number of rotatable bonds is 2. The van der Waals surface area contributed by atoms with E-state index in [0.717, 1.165) is 21.2 Å². The predicted octanol–water partition coefficient (Wildman–Crippen LogP) is 2.39. The fourth-order valence-electron chi connectivity index (χ4n) is 1.86. The van der Waals surface area contributed by atoms with E-state index in [4.69, 9.17) is 0 Å². The molecule has 0 amide bonds. The van der Waals surface area contributed by atoms with Crippen molar-refractivity contribution in [1.82, 2.24) is 0 Å². The maximum atomic E-state index is 12.1. The molecule has 1 aromatic rings. The summed E-state index contributed by atoms with van der Waals surface area (Å²) in [5, 5.41) is -0.363. The van der Waals surface area contributed by atoms with Crippen LogP contribution in [0.15, 0.2) is 18.2 Å². The lowest BCUT2D eigenvalue weighted by atomic mass is 10.2. The van der Waals surface area contributed by atoms with Gasteiger partial charge in [0.25, 0.3) is 0 Å². The Morgan fingerprint density at radius 1 is 1.38 bits per heavy atom. The van der Waals surface area contributed by atoms with Crippen molar-refractivity contribution >= 4 is 38.3 Å². The number of nitrogens with zero attached hydrogens (tertiary/aromatic N) is 1. The van der Waals surface area contributed by atoms with Crippen molar-refractivity contribution in [3.05, 3.63) is 27.3 Å². The fraction of sp³-hybridized carbons (Fsp3) is 0.455. The first kappa shape index (κ1) is 12.2. The van der Waals surface area contributed by atoms with Crippen molar-refractivity contribution in [3.8, 4) is 0 Å². The van der Waals surface area contributed by atoms with E-state index in [1.165, 1.54) is 0 Å². The molecule has 16 heavy (non-hydrogen) atoms. The van der Waals surface area contributed by atoms with Gasteiger partial charge in [-0.1, -0.05) is 0 Å². The molecule has 0 aliphatic carbocycles. The number of fused-ring (bicyclic) bond motifs is 1. The summed E-state index contributed by atoms with van der Waals surface area (Å²) in [7, 11) is -3.17. The molecule has 0 saturated heterocycles. The third-order valence-electron chi connectivity index (χ3n) is 2.80. The third kappa shape index (κ3) is 1.95. The number of hydrogen-bond acceptors (Lipinski definition) is 2. The second-order valence-electron chi connectivity index (χ2n) is 4.19. The average molecular weight is 351 g/mol. The molecule has 0 N–H and O–H groups in total. The van der Waals surface area contributed by atoms with Crippen LogP contribution in [0, 0.1) is 3.57 Å². The van der Waals surface area contributed by atoms with E-state index in [2.05, 4.69) is 28.7 Å². The zero-order chi connectivity index (χ0) is 11.9. The van der Waals surface area contributed by atoms with Crippen molar-refractivity contribution < 1.29 is 8.42 Å². The van der Waals surface area contributed by atoms with Crippen LogP contribution >= 0.6 is 22.6 Å². The summed E-state index contributed by atoms with van der Waals surface area (Å²) in [6.07, 6.45) is 0.818. The van der Waals surface area contributed by atoms with Crippen LogP contribution in [0.3, 0.4) is 0 Å². The Bertz CT molecular complexity index is 511. The summed E-state index contributed by atoms with van der Waals surface area (Å²) >= 11 is 2.25. The molecule has 1 aliphatic rings. The lowest BCUT2D eigenvalue weighted by Gasteiger charge is -2.21. The van der Waals surface area contributed by atoms with E-state index in [9.17, 15) is 8.42 Å². The maximum Gasteiger partial charge on any atom is 0.237 e. The lowest BCUT2D eigenvalue weighted by Crippen LogP contribution is -2.34. The summed E-state index contributed by atoms with van der Waals surface area (Å²) in [4.78, 5) is 0. The van der Waals surface area contributed by atoms with Crippen LogP contribution in [0.1, 0.15) is 19.4 Å². The van der Waals surface area contributed by atoms with Gasteiger partial charge in [0.2, 0.25) is 10.0 Å². The van der Waals surface area contributed by atoms with Crippen molar-refractivity contribution in [2.75, 3.05) is 10.8 Å². The van der Waals surface area contributed by atoms with Gasteiger partial charge in [0, 0.05) is 10.1 Å². The van der Waals surface area contributed by atoms with E-state index in [1.807, 2.05) is 12.1 Å². The molecule has 5 heteroatoms. The van der Waals surface area contributed by atoms with Crippen LogP contribution < -0.4 is 4.31 Å². The van der Waals surface area contributed by atoms with Crippen LogP contribution in [0.5, 0.6) is 0 Å². The third-order valence-corrected chi connectivity index (χ3v) is 5.65. The van der Waals surface area contributed by atoms with Gasteiger partial charge in [-0.25, -0.2) is 8.42 Å². The minimum absolute atomic E-state index is 0.363. The molecule has 0 fully saturated rings. The molecular weight excluding hydrogens is 337 g/mol. The van der Waals surface area contributed by atoms with E-state index >= 15 is 0 Å². The largest absolute Gasteiger partial charge is 0.269 e. The highest BCUT2D eigenvalue weighted by Gasteiger charge is 2.31. The Morgan fingerprint density at radius 2 is 2.06 bits per heavy atom. The molecule has 88 valence electrons. The molecule has 0 radical (unpaired) electrons. The molecule has 0 saturated carbocycles. The summed E-state index contributed by atoms with van der Waals surface area (Å²) in [5.41, 5.74) is 1.99. The average Bonchev–Trinajstić information content (AvgIpc) is 2.60. The fourth-order valence-corrected chi connectivity index (χ4v) is 3.72. The molecule has 2 rings (SSSR count). The van der Waals surface area contributed by atoms with Crippen molar-refractivity contribution in [2.45, 2.75) is 25.5 Å². The lowest BCUT2D eigenvalue weighted by molar-refractivity contribution is 0.583. The molecule has 0 aromatic heterocycles. The monoisotopic (exact) mass is 351 g/mol. The Labute approximate surface area is 110 Å². The van der Waals surface area contributed by atoms with Crippen molar-refractivity contribution in [1.29, 1.82) is 0 Å². The van der Waals surface area contributed by atoms with Crippen LogP contribution in [-0.2, 0) is 16.4 Å². The molecule has 1 heterocycles. The van der Waals surface area contributed by atoms with Gasteiger partial charge in [0.15, 0.2) is 0 Å². The van der Waals surface area contributed by atoms with Gasteiger partial charge in [-0.2, -0.15) is 0 Å². The summed E-state index contributed by atoms with van der Waals surface area (Å²) < 4.78 is 26.9. The summed E-state index contributed by atoms with van der Waals surface area (Å²) in [5.74, 6) is 0. The summed E-state index contributed by atoms with van der Waals surface area (Å²) in [6.45, 7) is 4.02. The van der Waals surface area contributed by atoms with E-state index < -0.39 is 10.0 Å². The maximum absolute atomic E-state index is 12.1. The molecule has 3 nitrogen and oxygen atoms in total. The predicted molar refractivity (Wildman–Crippen MR) is 74.3 cm³/mol. The molecule has 1 aliphatic heterocycles. The highest BCUT2D eigenvalue weighted by atomic mass is 127. The first-order valence-electron chi connectivity index (χ1n) is 5.23. The Morgan fingerprint density at radius 3 is 2.69 bits per heavy atom. The smallest absolute Gasteiger partial charge is 0.237 e. The van der Waals surface area contributed by atoms with Gasteiger partial charge in [-0.3, -0.25) is 4.31 Å². The Hall–Kier alpha value is -0.300. The second-order valence-corrected chi connectivity index (χ2v) is 7.85. The standard InChI is InChI=1S/C11H14INO2S/c1-8(2)16(14,15)13-6-5-9-7-10(12)3-4-11(9)13/h3-4,7-8H,5-6H2,1-2H3. The number of anilines is 1. The van der Waals surface area contributed by atoms with Crippen LogP contribution in [0.25, 0.3) is 0 Å². The van der Waals surface area contributed by atoms with E-state index in [-0.39, 0.29) is 5.25 Å². The van der Waals surface area contributed by atoms with Crippen LogP contribution in [-0.4, -0.2) is 20.2 Å². The van der Waals surface area contributed by atoms with Crippen molar-refractivity contribution in [3.63, 3.8) is 0 Å². The van der Waals surface area contributed by atoms with Crippen molar-refractivity contribution in [2.24, 2.45) is 0 Å². The summed E-state index contributed by atoms with van der Waals surface area (Å²) in [6, 6.07) is 5.92. The van der Waals surface area contributed by atoms with Gasteiger partial charge in [0.1, 0.15) is 0 Å². The topological polar surface area (TPSA) is 37.4 Å². The number of halogens is 1. The molecule has 0 bridgehead atoms. The van der Waals surface area contributed by atoms with E-state index in [0.29, 0.717) is 6.54 Å². The highest BCUT2D eigenvalue weighted by molar-refractivity contribution is 14.1. The van der Waals surface area contributed by atoms with Gasteiger partial charge in [-0.15, -0.1) is 0 Å². The SMILES string of the molecule is CC(C)S(=O)(=O)N1CCc2cc(I)ccc21. The zero-order valence-electron chi connectivity index (χ0n) is 9.27.